The summed E-state index contributed by atoms with van der Waals surface area (Å²) >= 11 is 0. The maximum Gasteiger partial charge on any atom is 0.238 e. The van der Waals surface area contributed by atoms with Gasteiger partial charge in [-0.15, -0.1) is 0 Å². The third-order valence-corrected chi connectivity index (χ3v) is 3.30. The van der Waals surface area contributed by atoms with Crippen molar-refractivity contribution in [2.24, 2.45) is 5.92 Å². The Kier molecular flexibility index (Phi) is 8.67. The lowest BCUT2D eigenvalue weighted by Crippen LogP contribution is -2.28. The number of hydrogen-bond donors (Lipinski definition) is 2. The van der Waals surface area contributed by atoms with Crippen LogP contribution in [0.4, 0.5) is 10.1 Å². The summed E-state index contributed by atoms with van der Waals surface area (Å²) in [6, 6.07) is 5.78. The minimum atomic E-state index is -0.302. The predicted octanol–water partition coefficient (Wildman–Crippen LogP) is 3.96. The zero-order valence-electron chi connectivity index (χ0n) is 13.1. The number of amides is 1. The number of anilines is 1. The molecule has 1 amide bonds. The molecule has 0 saturated carbocycles. The van der Waals surface area contributed by atoms with Crippen molar-refractivity contribution in [2.75, 3.05) is 18.4 Å². The molecule has 0 aromatic heterocycles. The van der Waals surface area contributed by atoms with E-state index < -0.39 is 0 Å². The first-order valence-electron chi connectivity index (χ1n) is 7.84. The summed E-state index contributed by atoms with van der Waals surface area (Å²) in [7, 11) is 0. The molecule has 3 nitrogen and oxygen atoms in total. The molecule has 2 N–H and O–H groups in total. The van der Waals surface area contributed by atoms with Gasteiger partial charge in [-0.3, -0.25) is 4.79 Å². The first-order valence-corrected chi connectivity index (χ1v) is 7.84. The van der Waals surface area contributed by atoms with E-state index in [1.807, 2.05) is 0 Å². The van der Waals surface area contributed by atoms with Crippen LogP contribution in [0.15, 0.2) is 24.3 Å². The molecule has 0 aliphatic rings. The van der Waals surface area contributed by atoms with Gasteiger partial charge < -0.3 is 10.6 Å². The van der Waals surface area contributed by atoms with Crippen LogP contribution in [0.5, 0.6) is 0 Å². The van der Waals surface area contributed by atoms with Gasteiger partial charge in [0.2, 0.25) is 5.91 Å². The van der Waals surface area contributed by atoms with E-state index in [0.29, 0.717) is 12.2 Å². The average Bonchev–Trinajstić information content (AvgIpc) is 2.44. The van der Waals surface area contributed by atoms with Crippen LogP contribution in [0, 0.1) is 11.7 Å². The zero-order chi connectivity index (χ0) is 15.5. The molecule has 4 heteroatoms. The molecule has 0 spiro atoms. The Labute approximate surface area is 127 Å². The number of carbonyl (C=O) groups is 1. The van der Waals surface area contributed by atoms with Crippen molar-refractivity contribution in [1.29, 1.82) is 0 Å². The van der Waals surface area contributed by atoms with E-state index >= 15 is 0 Å². The normalized spacial score (nSPS) is 10.9. The molecule has 1 aromatic rings. The molecule has 0 aliphatic heterocycles. The van der Waals surface area contributed by atoms with Crippen molar-refractivity contribution in [3.8, 4) is 0 Å². The van der Waals surface area contributed by atoms with Crippen LogP contribution in [-0.4, -0.2) is 19.0 Å². The molecule has 0 fully saturated rings. The molecule has 0 saturated heterocycles. The van der Waals surface area contributed by atoms with Gasteiger partial charge in [0.25, 0.3) is 0 Å². The second-order valence-corrected chi connectivity index (χ2v) is 5.83. The van der Waals surface area contributed by atoms with Gasteiger partial charge in [-0.05, 0) is 43.1 Å². The molecule has 0 bridgehead atoms. The van der Waals surface area contributed by atoms with Gasteiger partial charge in [-0.1, -0.05) is 39.5 Å². The number of rotatable bonds is 10. The molecule has 0 heterocycles. The van der Waals surface area contributed by atoms with Crippen LogP contribution in [0.2, 0.25) is 0 Å². The number of carbonyl (C=O) groups excluding carboxylic acids is 1. The molecule has 21 heavy (non-hydrogen) atoms. The molecule has 1 rings (SSSR count). The van der Waals surface area contributed by atoms with Crippen LogP contribution in [0.25, 0.3) is 0 Å². The van der Waals surface area contributed by atoms with E-state index in [1.54, 1.807) is 12.1 Å². The lowest BCUT2D eigenvalue weighted by atomic mass is 10.0. The third kappa shape index (κ3) is 9.19. The summed E-state index contributed by atoms with van der Waals surface area (Å²) in [5, 5.41) is 5.86. The van der Waals surface area contributed by atoms with Crippen molar-refractivity contribution in [2.45, 2.75) is 46.0 Å². The fraction of sp³-hybridized carbons (Fsp3) is 0.588. The second kappa shape index (κ2) is 10.3. The highest BCUT2D eigenvalue weighted by molar-refractivity contribution is 5.92. The summed E-state index contributed by atoms with van der Waals surface area (Å²) in [5.74, 6) is 0.392. The molecule has 0 aliphatic carbocycles. The van der Waals surface area contributed by atoms with Gasteiger partial charge in [0.05, 0.1) is 6.54 Å². The Bertz CT molecular complexity index is 404. The van der Waals surface area contributed by atoms with E-state index in [-0.39, 0.29) is 11.7 Å². The zero-order valence-corrected chi connectivity index (χ0v) is 13.1. The fourth-order valence-corrected chi connectivity index (χ4v) is 2.10. The molecular formula is C17H27FN2O. The SMILES string of the molecule is CC(C)CCCCCCNCC(=O)Nc1ccc(F)cc1. The molecular weight excluding hydrogens is 267 g/mol. The lowest BCUT2D eigenvalue weighted by Gasteiger charge is -2.07. The highest BCUT2D eigenvalue weighted by Gasteiger charge is 2.01. The van der Waals surface area contributed by atoms with Gasteiger partial charge in [0.1, 0.15) is 5.82 Å². The minimum absolute atomic E-state index is 0.0959. The largest absolute Gasteiger partial charge is 0.325 e. The highest BCUT2D eigenvalue weighted by atomic mass is 19.1. The first kappa shape index (κ1) is 17.6. The van der Waals surface area contributed by atoms with E-state index in [0.717, 1.165) is 18.9 Å². The van der Waals surface area contributed by atoms with Crippen molar-refractivity contribution in [3.63, 3.8) is 0 Å². The molecule has 0 radical (unpaired) electrons. The number of halogens is 1. The first-order chi connectivity index (χ1) is 10.1. The van der Waals surface area contributed by atoms with Crippen molar-refractivity contribution in [3.05, 3.63) is 30.1 Å². The van der Waals surface area contributed by atoms with Crippen molar-refractivity contribution >= 4 is 11.6 Å². The molecule has 1 aromatic carbocycles. The van der Waals surface area contributed by atoms with E-state index in [1.165, 1.54) is 37.8 Å². The predicted molar refractivity (Wildman–Crippen MR) is 85.8 cm³/mol. The van der Waals surface area contributed by atoms with Crippen molar-refractivity contribution in [1.82, 2.24) is 5.32 Å². The highest BCUT2D eigenvalue weighted by Crippen LogP contribution is 2.09. The quantitative estimate of drug-likeness (QED) is 0.641. The van der Waals surface area contributed by atoms with E-state index in [9.17, 15) is 9.18 Å². The Morgan fingerprint density at radius 2 is 1.76 bits per heavy atom. The van der Waals surface area contributed by atoms with E-state index in [2.05, 4.69) is 24.5 Å². The topological polar surface area (TPSA) is 41.1 Å². The van der Waals surface area contributed by atoms with Gasteiger partial charge in [-0.2, -0.15) is 0 Å². The van der Waals surface area contributed by atoms with Crippen LogP contribution >= 0.6 is 0 Å². The number of unbranched alkanes of at least 4 members (excludes halogenated alkanes) is 3. The second-order valence-electron chi connectivity index (χ2n) is 5.83. The van der Waals surface area contributed by atoms with E-state index in [4.69, 9.17) is 0 Å². The third-order valence-electron chi connectivity index (χ3n) is 3.30. The Morgan fingerprint density at radius 1 is 1.10 bits per heavy atom. The Balaban J connectivity index is 2.00. The summed E-state index contributed by atoms with van der Waals surface area (Å²) in [5.41, 5.74) is 0.622. The minimum Gasteiger partial charge on any atom is -0.325 e. The van der Waals surface area contributed by atoms with Gasteiger partial charge >= 0.3 is 0 Å². The number of hydrogen-bond acceptors (Lipinski definition) is 2. The van der Waals surface area contributed by atoms with Gasteiger partial charge in [0, 0.05) is 5.69 Å². The summed E-state index contributed by atoms with van der Waals surface area (Å²) < 4.78 is 12.7. The summed E-state index contributed by atoms with van der Waals surface area (Å²) in [6.07, 6.45) is 6.17. The van der Waals surface area contributed by atoms with Crippen LogP contribution in [0.3, 0.4) is 0 Å². The fourth-order valence-electron chi connectivity index (χ4n) is 2.10. The molecule has 0 unspecified atom stereocenters. The summed E-state index contributed by atoms with van der Waals surface area (Å²) in [4.78, 5) is 11.6. The van der Waals surface area contributed by atoms with Crippen molar-refractivity contribution < 1.29 is 9.18 Å². The van der Waals surface area contributed by atoms with Crippen LogP contribution < -0.4 is 10.6 Å². The van der Waals surface area contributed by atoms with Crippen LogP contribution in [-0.2, 0) is 4.79 Å². The monoisotopic (exact) mass is 294 g/mol. The van der Waals surface area contributed by atoms with Gasteiger partial charge in [0.15, 0.2) is 0 Å². The summed E-state index contributed by atoms with van der Waals surface area (Å²) in [6.45, 7) is 5.66. The van der Waals surface area contributed by atoms with Crippen LogP contribution in [0.1, 0.15) is 46.0 Å². The molecule has 118 valence electrons. The van der Waals surface area contributed by atoms with Gasteiger partial charge in [-0.25, -0.2) is 4.39 Å². The Hall–Kier alpha value is -1.42. The number of nitrogens with one attached hydrogen (secondary N) is 2. The number of benzene rings is 1. The standard InChI is InChI=1S/C17H27FN2O/c1-14(2)7-5-3-4-6-12-19-13-17(21)20-16-10-8-15(18)9-11-16/h8-11,14,19H,3-7,12-13H2,1-2H3,(H,20,21). The Morgan fingerprint density at radius 3 is 2.43 bits per heavy atom. The molecule has 0 atom stereocenters. The maximum absolute atomic E-state index is 12.7. The maximum atomic E-state index is 12.7. The smallest absolute Gasteiger partial charge is 0.238 e. The lowest BCUT2D eigenvalue weighted by molar-refractivity contribution is -0.115. The average molecular weight is 294 g/mol.